The van der Waals surface area contributed by atoms with Crippen molar-refractivity contribution in [2.75, 3.05) is 0 Å². The van der Waals surface area contributed by atoms with Crippen LogP contribution in [0.25, 0.3) is 22.6 Å². The van der Waals surface area contributed by atoms with E-state index in [0.29, 0.717) is 17.5 Å². The summed E-state index contributed by atoms with van der Waals surface area (Å²) in [5.74, 6) is 0.519. The van der Waals surface area contributed by atoms with Crippen molar-refractivity contribution >= 4 is 11.6 Å². The largest absolute Gasteiger partial charge is 0.330 e. The monoisotopic (exact) mass is 479 g/mol. The molecule has 0 aliphatic rings. The van der Waals surface area contributed by atoms with Crippen LogP contribution in [0.1, 0.15) is 63.8 Å². The van der Waals surface area contributed by atoms with E-state index in [9.17, 15) is 4.79 Å². The normalized spacial score (nSPS) is 12.2. The molecule has 1 N–H and O–H groups in total. The fraction of sp³-hybridized carbons (Fsp3) is 0.400. The number of pyridine rings is 1. The number of hydrogen-bond donors (Lipinski definition) is 1. The summed E-state index contributed by atoms with van der Waals surface area (Å²) >= 11 is 6.73. The second-order valence-corrected chi connectivity index (χ2v) is 8.88. The number of unbranched alkanes of at least 4 members (excludes halogenated alkanes) is 2. The fourth-order valence-electron chi connectivity index (χ4n) is 4.13. The van der Waals surface area contributed by atoms with Crippen molar-refractivity contribution in [3.8, 4) is 22.6 Å². The number of halogens is 1. The maximum Gasteiger partial charge on any atom is 0.330 e. The van der Waals surface area contributed by atoms with Gasteiger partial charge in [0.1, 0.15) is 5.15 Å². The van der Waals surface area contributed by atoms with Crippen LogP contribution in [0.4, 0.5) is 0 Å². The van der Waals surface area contributed by atoms with Gasteiger partial charge in [-0.25, -0.2) is 4.79 Å². The highest BCUT2D eigenvalue weighted by atomic mass is 35.5. The minimum Gasteiger partial charge on any atom is -0.290 e. The molecular formula is C25H30ClN7O. The third-order valence-electron chi connectivity index (χ3n) is 6.22. The lowest BCUT2D eigenvalue weighted by Gasteiger charge is -2.10. The zero-order valence-electron chi connectivity index (χ0n) is 19.8. The molecule has 1 aromatic carbocycles. The van der Waals surface area contributed by atoms with Gasteiger partial charge >= 0.3 is 5.69 Å². The molecule has 0 aliphatic heterocycles. The molecule has 0 spiro atoms. The Morgan fingerprint density at radius 2 is 1.88 bits per heavy atom. The topological polar surface area (TPSA) is 94.3 Å². The SMILES string of the molecule is CCCCCc1c(Cl)n(C(C)CC)c(=O)n1Cc1ccc(-c2ccccc2-c2nn[nH]n2)nc1. The van der Waals surface area contributed by atoms with Gasteiger partial charge in [-0.15, -0.1) is 10.2 Å². The third-order valence-corrected chi connectivity index (χ3v) is 6.62. The summed E-state index contributed by atoms with van der Waals surface area (Å²) < 4.78 is 3.54. The molecule has 0 aliphatic carbocycles. The summed E-state index contributed by atoms with van der Waals surface area (Å²) in [6, 6.07) is 11.8. The molecule has 9 heteroatoms. The average Bonchev–Trinajstić information content (AvgIpc) is 3.47. The fourth-order valence-corrected chi connectivity index (χ4v) is 4.56. The third kappa shape index (κ3) is 4.82. The van der Waals surface area contributed by atoms with E-state index in [1.165, 1.54) is 0 Å². The van der Waals surface area contributed by atoms with E-state index >= 15 is 0 Å². The second kappa shape index (κ2) is 10.8. The molecule has 178 valence electrons. The van der Waals surface area contributed by atoms with Crippen LogP contribution < -0.4 is 5.69 Å². The molecule has 1 atom stereocenters. The maximum absolute atomic E-state index is 13.3. The zero-order valence-corrected chi connectivity index (χ0v) is 20.6. The van der Waals surface area contributed by atoms with E-state index in [1.54, 1.807) is 4.57 Å². The standard InChI is InChI=1S/C25H30ClN7O/c1-4-6-7-12-22-23(26)33(17(3)5-2)25(34)32(22)16-18-13-14-21(27-15-18)19-10-8-9-11-20(19)24-28-30-31-29-24/h8-11,13-15,17H,4-7,12,16H2,1-3H3,(H,28,29,30,31). The highest BCUT2D eigenvalue weighted by Crippen LogP contribution is 2.28. The summed E-state index contributed by atoms with van der Waals surface area (Å²) in [6.45, 7) is 6.70. The predicted molar refractivity (Wildman–Crippen MR) is 134 cm³/mol. The number of tetrazole rings is 1. The van der Waals surface area contributed by atoms with Crippen LogP contribution in [0.2, 0.25) is 5.15 Å². The second-order valence-electron chi connectivity index (χ2n) is 8.52. The number of H-pyrrole nitrogens is 1. The lowest BCUT2D eigenvalue weighted by molar-refractivity contribution is 0.505. The summed E-state index contributed by atoms with van der Waals surface area (Å²) in [6.07, 6.45) is 6.67. The van der Waals surface area contributed by atoms with Crippen LogP contribution in [0.15, 0.2) is 47.4 Å². The summed E-state index contributed by atoms with van der Waals surface area (Å²) in [7, 11) is 0. The predicted octanol–water partition coefficient (Wildman–Crippen LogP) is 5.30. The highest BCUT2D eigenvalue weighted by molar-refractivity contribution is 6.30. The summed E-state index contributed by atoms with van der Waals surface area (Å²) in [4.78, 5) is 18.0. The van der Waals surface area contributed by atoms with Gasteiger partial charge in [0, 0.05) is 23.4 Å². The molecule has 8 nitrogen and oxygen atoms in total. The molecule has 0 saturated heterocycles. The zero-order chi connectivity index (χ0) is 24.1. The smallest absolute Gasteiger partial charge is 0.290 e. The van der Waals surface area contributed by atoms with Crippen LogP contribution in [0.5, 0.6) is 0 Å². The number of aromatic nitrogens is 7. The van der Waals surface area contributed by atoms with Crippen LogP contribution >= 0.6 is 11.6 Å². The Balaban J connectivity index is 1.65. The first-order chi connectivity index (χ1) is 16.5. The lowest BCUT2D eigenvalue weighted by Crippen LogP contribution is -2.27. The van der Waals surface area contributed by atoms with E-state index in [0.717, 1.165) is 60.2 Å². The minimum atomic E-state index is -0.0580. The Hall–Kier alpha value is -3.26. The van der Waals surface area contributed by atoms with Gasteiger partial charge in [-0.1, -0.05) is 68.6 Å². The van der Waals surface area contributed by atoms with Crippen molar-refractivity contribution in [2.24, 2.45) is 0 Å². The number of rotatable bonds is 10. The van der Waals surface area contributed by atoms with E-state index in [1.807, 2.05) is 54.1 Å². The molecule has 3 aromatic heterocycles. The van der Waals surface area contributed by atoms with E-state index in [2.05, 4.69) is 39.5 Å². The Labute approximate surface area is 204 Å². The molecule has 3 heterocycles. The highest BCUT2D eigenvalue weighted by Gasteiger charge is 2.21. The summed E-state index contributed by atoms with van der Waals surface area (Å²) in [5.41, 5.74) is 4.36. The van der Waals surface area contributed by atoms with Gasteiger partial charge in [-0.2, -0.15) is 5.21 Å². The van der Waals surface area contributed by atoms with Crippen LogP contribution in [0.3, 0.4) is 0 Å². The Morgan fingerprint density at radius 3 is 2.53 bits per heavy atom. The number of nitrogens with one attached hydrogen (secondary N) is 1. The number of imidazole rings is 1. The Kier molecular flexibility index (Phi) is 7.57. The Morgan fingerprint density at radius 1 is 1.09 bits per heavy atom. The lowest BCUT2D eigenvalue weighted by atomic mass is 10.0. The molecule has 4 aromatic rings. The number of benzene rings is 1. The molecule has 0 saturated carbocycles. The van der Waals surface area contributed by atoms with E-state index < -0.39 is 0 Å². The molecule has 1 unspecified atom stereocenters. The van der Waals surface area contributed by atoms with E-state index in [-0.39, 0.29) is 11.7 Å². The van der Waals surface area contributed by atoms with Gasteiger partial charge in [0.2, 0.25) is 5.82 Å². The van der Waals surface area contributed by atoms with Crippen LogP contribution in [-0.2, 0) is 13.0 Å². The quantitative estimate of drug-likeness (QED) is 0.311. The van der Waals surface area contributed by atoms with Gasteiger partial charge < -0.3 is 0 Å². The van der Waals surface area contributed by atoms with Crippen molar-refractivity contribution in [1.82, 2.24) is 34.7 Å². The van der Waals surface area contributed by atoms with Crippen molar-refractivity contribution < 1.29 is 0 Å². The minimum absolute atomic E-state index is 0.0494. The maximum atomic E-state index is 13.3. The Bertz CT molecular complexity index is 1280. The van der Waals surface area contributed by atoms with Crippen molar-refractivity contribution in [1.29, 1.82) is 0 Å². The van der Waals surface area contributed by atoms with Crippen LogP contribution in [-0.4, -0.2) is 34.7 Å². The van der Waals surface area contributed by atoms with Gasteiger partial charge in [0.15, 0.2) is 0 Å². The average molecular weight is 480 g/mol. The first kappa shape index (κ1) is 23.9. The number of nitrogens with zero attached hydrogens (tertiary/aromatic N) is 6. The molecule has 34 heavy (non-hydrogen) atoms. The molecule has 4 rings (SSSR count). The summed E-state index contributed by atoms with van der Waals surface area (Å²) in [5, 5.41) is 14.9. The van der Waals surface area contributed by atoms with Crippen molar-refractivity contribution in [2.45, 2.75) is 65.5 Å². The van der Waals surface area contributed by atoms with Gasteiger partial charge in [-0.3, -0.25) is 14.1 Å². The van der Waals surface area contributed by atoms with Gasteiger partial charge in [0.05, 0.1) is 17.9 Å². The van der Waals surface area contributed by atoms with Crippen molar-refractivity contribution in [3.63, 3.8) is 0 Å². The first-order valence-corrected chi connectivity index (χ1v) is 12.2. The van der Waals surface area contributed by atoms with Gasteiger partial charge in [-0.05, 0) is 43.0 Å². The van der Waals surface area contributed by atoms with Crippen LogP contribution in [0, 0.1) is 0 Å². The first-order valence-electron chi connectivity index (χ1n) is 11.8. The van der Waals surface area contributed by atoms with E-state index in [4.69, 9.17) is 11.6 Å². The molecule has 0 amide bonds. The molecule has 0 bridgehead atoms. The number of hydrogen-bond acceptors (Lipinski definition) is 5. The molecule has 0 fully saturated rings. The van der Waals surface area contributed by atoms with Gasteiger partial charge in [0.25, 0.3) is 0 Å². The van der Waals surface area contributed by atoms with Crippen molar-refractivity contribution in [3.05, 3.63) is 69.5 Å². The molecule has 0 radical (unpaired) electrons. The number of aromatic amines is 1. The molecular weight excluding hydrogens is 450 g/mol.